The highest BCUT2D eigenvalue weighted by Crippen LogP contribution is 2.27. The maximum Gasteiger partial charge on any atom is 0.0921 e. The van der Waals surface area contributed by atoms with Crippen LogP contribution in [-0.4, -0.2) is 15.1 Å². The number of H-pyrrole nitrogens is 1. The van der Waals surface area contributed by atoms with E-state index in [9.17, 15) is 5.11 Å². The Labute approximate surface area is 102 Å². The number of hydrogen-bond donors (Lipinski definition) is 2. The third-order valence-electron chi connectivity index (χ3n) is 3.29. The fourth-order valence-corrected chi connectivity index (χ4v) is 2.31. The first-order chi connectivity index (χ1) is 8.27. The Kier molecular flexibility index (Phi) is 3.59. The molecule has 0 aliphatic rings. The zero-order valence-corrected chi connectivity index (χ0v) is 10.3. The van der Waals surface area contributed by atoms with Gasteiger partial charge in [0.25, 0.3) is 0 Å². The molecule has 0 fully saturated rings. The quantitative estimate of drug-likeness (QED) is 0.848. The molecule has 0 saturated carbocycles. The van der Waals surface area contributed by atoms with Crippen LogP contribution in [0.3, 0.4) is 0 Å². The number of aromatic amines is 1. The molecule has 0 bridgehead atoms. The summed E-state index contributed by atoms with van der Waals surface area (Å²) in [6.07, 6.45) is 4.49. The molecule has 0 spiro atoms. The maximum atomic E-state index is 9.37. The van der Waals surface area contributed by atoms with Gasteiger partial charge in [-0.3, -0.25) is 0 Å². The van der Waals surface area contributed by atoms with Crippen molar-refractivity contribution in [1.82, 2.24) is 9.97 Å². The van der Waals surface area contributed by atoms with Crippen molar-refractivity contribution in [2.24, 2.45) is 0 Å². The smallest absolute Gasteiger partial charge is 0.0921 e. The highest BCUT2D eigenvalue weighted by molar-refractivity contribution is 5.40. The molecule has 1 heterocycles. The molecule has 2 aromatic rings. The van der Waals surface area contributed by atoms with E-state index < -0.39 is 0 Å². The molecule has 90 valence electrons. The van der Waals surface area contributed by atoms with Crippen molar-refractivity contribution < 1.29 is 5.11 Å². The van der Waals surface area contributed by atoms with Crippen molar-refractivity contribution in [2.75, 3.05) is 0 Å². The van der Waals surface area contributed by atoms with Gasteiger partial charge in [-0.25, -0.2) is 4.98 Å². The number of imidazole rings is 1. The number of hydrogen-bond acceptors (Lipinski definition) is 2. The lowest BCUT2D eigenvalue weighted by molar-refractivity contribution is 0.280. The van der Waals surface area contributed by atoms with Gasteiger partial charge >= 0.3 is 0 Å². The van der Waals surface area contributed by atoms with E-state index in [-0.39, 0.29) is 12.5 Å². The van der Waals surface area contributed by atoms with Crippen molar-refractivity contribution in [2.45, 2.75) is 32.8 Å². The highest BCUT2D eigenvalue weighted by Gasteiger charge is 2.14. The lowest BCUT2D eigenvalue weighted by Gasteiger charge is -2.17. The van der Waals surface area contributed by atoms with Gasteiger partial charge in [0.2, 0.25) is 0 Å². The zero-order chi connectivity index (χ0) is 12.3. The Morgan fingerprint density at radius 2 is 2.24 bits per heavy atom. The highest BCUT2D eigenvalue weighted by atomic mass is 16.3. The number of nitrogens with one attached hydrogen (secondary N) is 1. The summed E-state index contributed by atoms with van der Waals surface area (Å²) >= 11 is 0. The minimum atomic E-state index is 0.104. The summed E-state index contributed by atoms with van der Waals surface area (Å²) in [5.41, 5.74) is 4.64. The molecular weight excluding hydrogens is 212 g/mol. The van der Waals surface area contributed by atoms with Crippen LogP contribution in [0.5, 0.6) is 0 Å². The molecule has 0 amide bonds. The average molecular weight is 230 g/mol. The molecule has 3 nitrogen and oxygen atoms in total. The van der Waals surface area contributed by atoms with Gasteiger partial charge < -0.3 is 10.1 Å². The third kappa shape index (κ3) is 2.24. The van der Waals surface area contributed by atoms with Gasteiger partial charge in [0.1, 0.15) is 0 Å². The van der Waals surface area contributed by atoms with Crippen molar-refractivity contribution >= 4 is 0 Å². The molecule has 17 heavy (non-hydrogen) atoms. The second-order valence-corrected chi connectivity index (χ2v) is 4.23. The molecule has 1 atom stereocenters. The van der Waals surface area contributed by atoms with Crippen molar-refractivity contribution in [3.63, 3.8) is 0 Å². The van der Waals surface area contributed by atoms with Gasteiger partial charge in [0.05, 0.1) is 12.9 Å². The second kappa shape index (κ2) is 5.15. The van der Waals surface area contributed by atoms with Crippen molar-refractivity contribution in [1.29, 1.82) is 0 Å². The van der Waals surface area contributed by atoms with Crippen molar-refractivity contribution in [3.05, 3.63) is 53.1 Å². The van der Waals surface area contributed by atoms with Gasteiger partial charge in [0.15, 0.2) is 0 Å². The van der Waals surface area contributed by atoms with E-state index in [1.165, 1.54) is 11.1 Å². The van der Waals surface area contributed by atoms with E-state index >= 15 is 0 Å². The van der Waals surface area contributed by atoms with E-state index in [1.807, 2.05) is 18.3 Å². The summed E-state index contributed by atoms with van der Waals surface area (Å²) in [5, 5.41) is 9.37. The summed E-state index contributed by atoms with van der Waals surface area (Å²) in [7, 11) is 0. The fraction of sp³-hybridized carbons (Fsp3) is 0.357. The van der Waals surface area contributed by atoms with Gasteiger partial charge in [-0.2, -0.15) is 0 Å². The monoisotopic (exact) mass is 230 g/mol. The van der Waals surface area contributed by atoms with E-state index in [0.29, 0.717) is 0 Å². The number of aliphatic hydroxyl groups excluding tert-OH is 1. The summed E-state index contributed by atoms with van der Waals surface area (Å²) in [6.45, 7) is 4.38. The number of rotatable bonds is 4. The van der Waals surface area contributed by atoms with Crippen LogP contribution in [0.15, 0.2) is 30.7 Å². The fourth-order valence-electron chi connectivity index (χ4n) is 2.31. The molecule has 0 aliphatic carbocycles. The van der Waals surface area contributed by atoms with Crippen LogP contribution in [0.25, 0.3) is 0 Å². The summed E-state index contributed by atoms with van der Waals surface area (Å²) in [6, 6.07) is 6.12. The first-order valence-electron chi connectivity index (χ1n) is 5.97. The Balaban J connectivity index is 2.44. The molecule has 2 N–H and O–H groups in total. The molecule has 1 unspecified atom stereocenters. The Hall–Kier alpha value is -1.61. The summed E-state index contributed by atoms with van der Waals surface area (Å²) in [5.74, 6) is 0.277. The molecule has 2 rings (SSSR count). The van der Waals surface area contributed by atoms with Crippen molar-refractivity contribution in [3.8, 4) is 0 Å². The minimum absolute atomic E-state index is 0.104. The van der Waals surface area contributed by atoms with Crippen LogP contribution in [0, 0.1) is 0 Å². The van der Waals surface area contributed by atoms with Crippen LogP contribution in [0.1, 0.15) is 42.1 Å². The van der Waals surface area contributed by atoms with E-state index in [0.717, 1.165) is 17.7 Å². The topological polar surface area (TPSA) is 48.9 Å². The van der Waals surface area contributed by atoms with Crippen LogP contribution in [0.2, 0.25) is 0 Å². The van der Waals surface area contributed by atoms with Gasteiger partial charge in [-0.05, 0) is 23.1 Å². The molecule has 3 heteroatoms. The Morgan fingerprint density at radius 3 is 2.82 bits per heavy atom. The predicted molar refractivity (Wildman–Crippen MR) is 67.8 cm³/mol. The van der Waals surface area contributed by atoms with E-state index in [4.69, 9.17) is 0 Å². The molecule has 0 aliphatic heterocycles. The lowest BCUT2D eigenvalue weighted by Crippen LogP contribution is -2.04. The molecule has 1 aromatic carbocycles. The first kappa shape index (κ1) is 11.9. The zero-order valence-electron chi connectivity index (χ0n) is 10.3. The molecule has 0 radical (unpaired) electrons. The molecule has 0 saturated heterocycles. The lowest BCUT2D eigenvalue weighted by atomic mass is 9.89. The van der Waals surface area contributed by atoms with E-state index in [1.54, 1.807) is 6.33 Å². The minimum Gasteiger partial charge on any atom is -0.392 e. The largest absolute Gasteiger partial charge is 0.392 e. The first-order valence-corrected chi connectivity index (χ1v) is 5.97. The standard InChI is InChI=1S/C14H18N2O/c1-3-12-11(8-17)5-4-6-13(12)10(2)14-7-15-9-16-14/h4-7,9-10,17H,3,8H2,1-2H3,(H,15,16). The van der Waals surface area contributed by atoms with Gasteiger partial charge in [-0.15, -0.1) is 0 Å². The molecular formula is C14H18N2O. The predicted octanol–water partition coefficient (Wildman–Crippen LogP) is 2.62. The summed E-state index contributed by atoms with van der Waals surface area (Å²) < 4.78 is 0. The van der Waals surface area contributed by atoms with Crippen LogP contribution in [0.4, 0.5) is 0 Å². The number of aliphatic hydroxyl groups is 1. The molecule has 1 aromatic heterocycles. The summed E-state index contributed by atoms with van der Waals surface area (Å²) in [4.78, 5) is 7.21. The van der Waals surface area contributed by atoms with Gasteiger partial charge in [-0.1, -0.05) is 32.0 Å². The van der Waals surface area contributed by atoms with E-state index in [2.05, 4.69) is 29.9 Å². The van der Waals surface area contributed by atoms with Crippen LogP contribution in [-0.2, 0) is 13.0 Å². The van der Waals surface area contributed by atoms with Gasteiger partial charge in [0, 0.05) is 17.8 Å². The maximum absolute atomic E-state index is 9.37. The average Bonchev–Trinajstić information content (AvgIpc) is 2.90. The van der Waals surface area contributed by atoms with Crippen LogP contribution >= 0.6 is 0 Å². The third-order valence-corrected chi connectivity index (χ3v) is 3.29. The normalized spacial score (nSPS) is 12.6. The number of aromatic nitrogens is 2. The number of benzene rings is 1. The number of nitrogens with zero attached hydrogens (tertiary/aromatic N) is 1. The Bertz CT molecular complexity index is 477. The second-order valence-electron chi connectivity index (χ2n) is 4.23. The Morgan fingerprint density at radius 1 is 1.41 bits per heavy atom. The SMILES string of the molecule is CCc1c(CO)cccc1C(C)c1cnc[nH]1. The van der Waals surface area contributed by atoms with Crippen LogP contribution < -0.4 is 0 Å².